The highest BCUT2D eigenvalue weighted by atomic mass is 16.3. The van der Waals surface area contributed by atoms with Crippen LogP contribution in [0.25, 0.3) is 0 Å². The van der Waals surface area contributed by atoms with Crippen LogP contribution in [0.5, 0.6) is 0 Å². The molecule has 0 heterocycles. The average molecular weight is 288 g/mol. The lowest BCUT2D eigenvalue weighted by molar-refractivity contribution is -0.131. The minimum absolute atomic E-state index is 0.239. The van der Waals surface area contributed by atoms with Crippen LogP contribution < -0.4 is 0 Å². The van der Waals surface area contributed by atoms with Crippen LogP contribution in [-0.4, -0.2) is 10.9 Å². The van der Waals surface area contributed by atoms with E-state index in [0.29, 0.717) is 24.5 Å². The first-order valence-electron chi connectivity index (χ1n) is 8.28. The number of rotatable bonds is 6. The summed E-state index contributed by atoms with van der Waals surface area (Å²) in [5.74, 6) is 0.831. The Balaban J connectivity index is 1.88. The molecule has 1 fully saturated rings. The van der Waals surface area contributed by atoms with Gasteiger partial charge in [0.1, 0.15) is 5.78 Å². The van der Waals surface area contributed by atoms with Crippen LogP contribution in [0.3, 0.4) is 0 Å². The van der Waals surface area contributed by atoms with Crippen molar-refractivity contribution in [3.8, 4) is 0 Å². The molecule has 2 nitrogen and oxygen atoms in total. The minimum Gasteiger partial charge on any atom is -0.388 e. The molecule has 0 aliphatic heterocycles. The second kappa shape index (κ2) is 7.22. The Morgan fingerprint density at radius 2 is 1.81 bits per heavy atom. The van der Waals surface area contributed by atoms with Crippen molar-refractivity contribution in [1.29, 1.82) is 0 Å². The van der Waals surface area contributed by atoms with Crippen LogP contribution in [0.4, 0.5) is 0 Å². The lowest BCUT2D eigenvalue weighted by Gasteiger charge is -2.36. The van der Waals surface area contributed by atoms with Gasteiger partial charge in [-0.3, -0.25) is 4.79 Å². The van der Waals surface area contributed by atoms with E-state index in [9.17, 15) is 9.90 Å². The van der Waals surface area contributed by atoms with Crippen molar-refractivity contribution in [2.45, 2.75) is 64.9 Å². The van der Waals surface area contributed by atoms with Gasteiger partial charge in [-0.2, -0.15) is 0 Å². The van der Waals surface area contributed by atoms with E-state index in [1.165, 1.54) is 32.1 Å². The average Bonchev–Trinajstić information content (AvgIpc) is 2.53. The van der Waals surface area contributed by atoms with Crippen LogP contribution >= 0.6 is 0 Å². The molecule has 2 rings (SSSR count). The summed E-state index contributed by atoms with van der Waals surface area (Å²) in [5, 5.41) is 10.2. The van der Waals surface area contributed by atoms with Gasteiger partial charge in [-0.15, -0.1) is 0 Å². The van der Waals surface area contributed by atoms with Gasteiger partial charge in [0.15, 0.2) is 0 Å². The highest BCUT2D eigenvalue weighted by molar-refractivity contribution is 5.84. The van der Waals surface area contributed by atoms with Crippen molar-refractivity contribution < 1.29 is 9.90 Å². The lowest BCUT2D eigenvalue weighted by Crippen LogP contribution is -2.34. The number of carbonyl (C=O) groups is 1. The largest absolute Gasteiger partial charge is 0.388 e. The van der Waals surface area contributed by atoms with Crippen molar-refractivity contribution in [2.24, 2.45) is 11.3 Å². The van der Waals surface area contributed by atoms with E-state index in [1.54, 1.807) is 0 Å². The van der Waals surface area contributed by atoms with Crippen LogP contribution in [-0.2, 0) is 4.79 Å². The van der Waals surface area contributed by atoms with E-state index in [2.05, 4.69) is 13.8 Å². The van der Waals surface area contributed by atoms with E-state index < -0.39 is 6.10 Å². The second-order valence-electron chi connectivity index (χ2n) is 6.94. The fraction of sp³-hybridized carbons (Fsp3) is 0.632. The number of Topliss-reactive ketones (excluding diaryl/α,β-unsaturated/α-hetero) is 1. The molecule has 0 amide bonds. The topological polar surface area (TPSA) is 37.3 Å². The molecule has 1 aliphatic rings. The van der Waals surface area contributed by atoms with Crippen molar-refractivity contribution in [1.82, 2.24) is 0 Å². The first kappa shape index (κ1) is 16.2. The molecular formula is C19H28O2. The smallest absolute Gasteiger partial charge is 0.138 e. The molecule has 1 atom stereocenters. The molecule has 1 unspecified atom stereocenters. The third-order valence-corrected chi connectivity index (χ3v) is 5.17. The molecule has 1 aromatic carbocycles. The summed E-state index contributed by atoms with van der Waals surface area (Å²) in [7, 11) is 0. The standard InChI is InChI=1S/C19H28O2/c1-19(2,16-11-7-4-8-12-16)18(21)14-13-17(20)15-9-5-3-6-10-15/h3,5-6,9-10,16-17,20H,4,7-8,11-14H2,1-2H3. The molecule has 116 valence electrons. The molecule has 2 heteroatoms. The monoisotopic (exact) mass is 288 g/mol. The van der Waals surface area contributed by atoms with E-state index in [0.717, 1.165) is 5.56 Å². The number of hydrogen-bond acceptors (Lipinski definition) is 2. The Morgan fingerprint density at radius 1 is 1.19 bits per heavy atom. The summed E-state index contributed by atoms with van der Waals surface area (Å²) in [6.07, 6.45) is 6.66. The molecule has 1 N–H and O–H groups in total. The molecular weight excluding hydrogens is 260 g/mol. The SMILES string of the molecule is CC(C)(C(=O)CCC(O)c1ccccc1)C1CCCCC1. The van der Waals surface area contributed by atoms with Crippen molar-refractivity contribution >= 4 is 5.78 Å². The first-order valence-corrected chi connectivity index (χ1v) is 8.28. The molecule has 21 heavy (non-hydrogen) atoms. The van der Waals surface area contributed by atoms with Gasteiger partial charge in [-0.25, -0.2) is 0 Å². The molecule has 0 radical (unpaired) electrons. The zero-order valence-electron chi connectivity index (χ0n) is 13.3. The number of benzene rings is 1. The first-order chi connectivity index (χ1) is 10.0. The van der Waals surface area contributed by atoms with Crippen molar-refractivity contribution in [3.05, 3.63) is 35.9 Å². The Kier molecular flexibility index (Phi) is 5.58. The maximum absolute atomic E-state index is 12.6. The predicted octanol–water partition coefficient (Wildman–Crippen LogP) is 4.68. The molecule has 0 spiro atoms. The van der Waals surface area contributed by atoms with Gasteiger partial charge < -0.3 is 5.11 Å². The number of aliphatic hydroxyl groups excluding tert-OH is 1. The molecule has 1 aromatic rings. The zero-order valence-corrected chi connectivity index (χ0v) is 13.3. The van der Waals surface area contributed by atoms with Crippen LogP contribution in [0.15, 0.2) is 30.3 Å². The summed E-state index contributed by atoms with van der Waals surface area (Å²) in [5.41, 5.74) is 0.664. The number of ketones is 1. The fourth-order valence-electron chi connectivity index (χ4n) is 3.48. The van der Waals surface area contributed by atoms with Gasteiger partial charge in [-0.05, 0) is 30.7 Å². The predicted molar refractivity (Wildman–Crippen MR) is 86.0 cm³/mol. The van der Waals surface area contributed by atoms with Gasteiger partial charge >= 0.3 is 0 Å². The van der Waals surface area contributed by atoms with Crippen LogP contribution in [0, 0.1) is 11.3 Å². The lowest BCUT2D eigenvalue weighted by atomic mass is 9.68. The van der Waals surface area contributed by atoms with Crippen LogP contribution in [0.1, 0.15) is 70.5 Å². The van der Waals surface area contributed by atoms with Gasteiger partial charge in [-0.1, -0.05) is 63.4 Å². The van der Waals surface area contributed by atoms with E-state index in [-0.39, 0.29) is 5.41 Å². The fourth-order valence-corrected chi connectivity index (χ4v) is 3.48. The maximum atomic E-state index is 12.6. The maximum Gasteiger partial charge on any atom is 0.138 e. The molecule has 0 aromatic heterocycles. The second-order valence-corrected chi connectivity index (χ2v) is 6.94. The summed E-state index contributed by atoms with van der Waals surface area (Å²) < 4.78 is 0. The van der Waals surface area contributed by atoms with Gasteiger partial charge in [0.05, 0.1) is 6.10 Å². The van der Waals surface area contributed by atoms with Gasteiger partial charge in [0.2, 0.25) is 0 Å². The summed E-state index contributed by atoms with van der Waals surface area (Å²) in [6, 6.07) is 9.62. The zero-order chi connectivity index (χ0) is 15.3. The Bertz CT molecular complexity index is 444. The third kappa shape index (κ3) is 4.16. The summed E-state index contributed by atoms with van der Waals surface area (Å²) >= 11 is 0. The number of aliphatic hydroxyl groups is 1. The highest BCUT2D eigenvalue weighted by Crippen LogP contribution is 2.40. The van der Waals surface area contributed by atoms with Crippen molar-refractivity contribution in [3.63, 3.8) is 0 Å². The Morgan fingerprint density at radius 3 is 2.43 bits per heavy atom. The third-order valence-electron chi connectivity index (χ3n) is 5.17. The van der Waals surface area contributed by atoms with Gasteiger partial charge in [0, 0.05) is 11.8 Å². The summed E-state index contributed by atoms with van der Waals surface area (Å²) in [4.78, 5) is 12.6. The van der Waals surface area contributed by atoms with E-state index in [1.807, 2.05) is 30.3 Å². The van der Waals surface area contributed by atoms with Crippen molar-refractivity contribution in [2.75, 3.05) is 0 Å². The normalized spacial score (nSPS) is 18.4. The quantitative estimate of drug-likeness (QED) is 0.825. The Hall–Kier alpha value is -1.15. The molecule has 0 saturated heterocycles. The summed E-state index contributed by atoms with van der Waals surface area (Å²) in [6.45, 7) is 4.19. The number of carbonyl (C=O) groups excluding carboxylic acids is 1. The van der Waals surface area contributed by atoms with Crippen LogP contribution in [0.2, 0.25) is 0 Å². The minimum atomic E-state index is -0.530. The molecule has 1 saturated carbocycles. The highest BCUT2D eigenvalue weighted by Gasteiger charge is 2.36. The Labute approximate surface area is 128 Å². The molecule has 1 aliphatic carbocycles. The van der Waals surface area contributed by atoms with Gasteiger partial charge in [0.25, 0.3) is 0 Å². The van der Waals surface area contributed by atoms with E-state index >= 15 is 0 Å². The van der Waals surface area contributed by atoms with E-state index in [4.69, 9.17) is 0 Å². The number of hydrogen-bond donors (Lipinski definition) is 1. The molecule has 0 bridgehead atoms.